The summed E-state index contributed by atoms with van der Waals surface area (Å²) in [6.45, 7) is 0.827. The zero-order valence-electron chi connectivity index (χ0n) is 8.91. The van der Waals surface area contributed by atoms with Crippen LogP contribution in [-0.4, -0.2) is 18.2 Å². The Morgan fingerprint density at radius 1 is 1.41 bits per heavy atom. The molecule has 0 bridgehead atoms. The number of ether oxygens (including phenoxy) is 1. The molecule has 1 amide bonds. The van der Waals surface area contributed by atoms with Crippen molar-refractivity contribution in [3.05, 3.63) is 23.8 Å². The maximum Gasteiger partial charge on any atom is 0.425 e. The summed E-state index contributed by atoms with van der Waals surface area (Å²) in [7, 11) is 0. The molecule has 4 nitrogen and oxygen atoms in total. The molecule has 7 heteroatoms. The fraction of sp³-hybridized carbons (Fsp3) is 0.300. The number of anilines is 1. The molecule has 17 heavy (non-hydrogen) atoms. The molecule has 0 fully saturated rings. The number of carbonyl (C=O) groups is 1. The topological polar surface area (TPSA) is 78.3 Å². The molecule has 0 saturated heterocycles. The molecular formula is C10H11F3N2O2. The first-order valence-electron chi connectivity index (χ1n) is 4.64. The highest BCUT2D eigenvalue weighted by Gasteiger charge is 2.38. The Bertz CT molecular complexity index is 432. The van der Waals surface area contributed by atoms with Crippen molar-refractivity contribution in [1.82, 2.24) is 0 Å². The summed E-state index contributed by atoms with van der Waals surface area (Å²) in [5.74, 6) is -1.16. The summed E-state index contributed by atoms with van der Waals surface area (Å²) in [6.07, 6.45) is -6.58. The van der Waals surface area contributed by atoms with Crippen molar-refractivity contribution in [2.75, 3.05) is 5.73 Å². The first kappa shape index (κ1) is 13.1. The summed E-state index contributed by atoms with van der Waals surface area (Å²) in [6, 6.07) is 3.70. The van der Waals surface area contributed by atoms with Gasteiger partial charge in [0.05, 0.1) is 5.56 Å². The van der Waals surface area contributed by atoms with E-state index in [0.29, 0.717) is 0 Å². The molecule has 0 radical (unpaired) electrons. The van der Waals surface area contributed by atoms with E-state index in [1.54, 1.807) is 0 Å². The SMILES string of the molecule is CC(Oc1cc(N)ccc1C(N)=O)C(F)(F)F. The minimum atomic E-state index is -4.53. The van der Waals surface area contributed by atoms with Gasteiger partial charge in [-0.15, -0.1) is 0 Å². The van der Waals surface area contributed by atoms with Crippen molar-refractivity contribution in [2.45, 2.75) is 19.2 Å². The molecule has 0 saturated carbocycles. The number of hydrogen-bond acceptors (Lipinski definition) is 3. The molecule has 0 spiro atoms. The van der Waals surface area contributed by atoms with Crippen LogP contribution in [0.3, 0.4) is 0 Å². The Labute approximate surface area is 95.3 Å². The van der Waals surface area contributed by atoms with Crippen molar-refractivity contribution in [2.24, 2.45) is 5.73 Å². The van der Waals surface area contributed by atoms with Crippen LogP contribution in [0.15, 0.2) is 18.2 Å². The smallest absolute Gasteiger partial charge is 0.425 e. The Morgan fingerprint density at radius 3 is 2.47 bits per heavy atom. The van der Waals surface area contributed by atoms with E-state index in [1.807, 2.05) is 0 Å². The van der Waals surface area contributed by atoms with Gasteiger partial charge in [-0.1, -0.05) is 0 Å². The second-order valence-electron chi connectivity index (χ2n) is 3.42. The van der Waals surface area contributed by atoms with Gasteiger partial charge in [-0.3, -0.25) is 4.79 Å². The lowest BCUT2D eigenvalue weighted by Gasteiger charge is -2.19. The highest BCUT2D eigenvalue weighted by atomic mass is 19.4. The van der Waals surface area contributed by atoms with Gasteiger partial charge in [-0.25, -0.2) is 0 Å². The molecule has 1 unspecified atom stereocenters. The van der Waals surface area contributed by atoms with Crippen molar-refractivity contribution in [3.63, 3.8) is 0 Å². The lowest BCUT2D eigenvalue weighted by molar-refractivity contribution is -0.189. The normalized spacial score (nSPS) is 13.2. The molecule has 1 atom stereocenters. The molecule has 94 valence electrons. The Morgan fingerprint density at radius 2 is 2.00 bits per heavy atom. The lowest BCUT2D eigenvalue weighted by Crippen LogP contribution is -2.32. The van der Waals surface area contributed by atoms with Crippen molar-refractivity contribution >= 4 is 11.6 Å². The van der Waals surface area contributed by atoms with E-state index < -0.39 is 18.2 Å². The van der Waals surface area contributed by atoms with Gasteiger partial charge in [-0.2, -0.15) is 13.2 Å². The van der Waals surface area contributed by atoms with E-state index in [1.165, 1.54) is 12.1 Å². The molecule has 0 aliphatic rings. The first-order chi connectivity index (χ1) is 7.71. The number of hydrogen-bond donors (Lipinski definition) is 2. The van der Waals surface area contributed by atoms with E-state index in [0.717, 1.165) is 13.0 Å². The van der Waals surface area contributed by atoms with E-state index in [-0.39, 0.29) is 17.0 Å². The number of carbonyl (C=O) groups excluding carboxylic acids is 1. The summed E-state index contributed by atoms with van der Waals surface area (Å²) in [4.78, 5) is 11.0. The van der Waals surface area contributed by atoms with Crippen LogP contribution in [-0.2, 0) is 0 Å². The third-order valence-corrected chi connectivity index (χ3v) is 2.04. The number of nitrogen functional groups attached to an aromatic ring is 1. The zero-order chi connectivity index (χ0) is 13.2. The molecular weight excluding hydrogens is 237 g/mol. The van der Waals surface area contributed by atoms with Crippen LogP contribution < -0.4 is 16.2 Å². The first-order valence-corrected chi connectivity index (χ1v) is 4.64. The Kier molecular flexibility index (Phi) is 3.50. The lowest BCUT2D eigenvalue weighted by atomic mass is 10.1. The van der Waals surface area contributed by atoms with Crippen LogP contribution in [0.4, 0.5) is 18.9 Å². The van der Waals surface area contributed by atoms with Crippen LogP contribution >= 0.6 is 0 Å². The van der Waals surface area contributed by atoms with Gasteiger partial charge in [0.2, 0.25) is 0 Å². The predicted octanol–water partition coefficient (Wildman–Crippen LogP) is 1.70. The summed E-state index contributed by atoms with van der Waals surface area (Å²) >= 11 is 0. The molecule has 0 aromatic heterocycles. The van der Waals surface area contributed by atoms with Crippen molar-refractivity contribution < 1.29 is 22.7 Å². The highest BCUT2D eigenvalue weighted by Crippen LogP contribution is 2.28. The van der Waals surface area contributed by atoms with Crippen molar-refractivity contribution in [1.29, 1.82) is 0 Å². The van der Waals surface area contributed by atoms with Crippen LogP contribution in [0, 0.1) is 0 Å². The van der Waals surface area contributed by atoms with Crippen LogP contribution in [0.25, 0.3) is 0 Å². The third-order valence-electron chi connectivity index (χ3n) is 2.04. The molecule has 1 rings (SSSR count). The van der Waals surface area contributed by atoms with Gasteiger partial charge in [0.15, 0.2) is 6.10 Å². The van der Waals surface area contributed by atoms with Crippen LogP contribution in [0.1, 0.15) is 17.3 Å². The maximum absolute atomic E-state index is 12.3. The van der Waals surface area contributed by atoms with E-state index in [2.05, 4.69) is 4.74 Å². The van der Waals surface area contributed by atoms with Gasteiger partial charge in [0.25, 0.3) is 5.91 Å². The average molecular weight is 248 g/mol. The third kappa shape index (κ3) is 3.27. The fourth-order valence-corrected chi connectivity index (χ4v) is 1.10. The maximum atomic E-state index is 12.3. The number of alkyl halides is 3. The van der Waals surface area contributed by atoms with E-state index >= 15 is 0 Å². The second-order valence-corrected chi connectivity index (χ2v) is 3.42. The molecule has 4 N–H and O–H groups in total. The van der Waals surface area contributed by atoms with E-state index in [4.69, 9.17) is 11.5 Å². The molecule has 0 heterocycles. The fourth-order valence-electron chi connectivity index (χ4n) is 1.10. The largest absolute Gasteiger partial charge is 0.480 e. The zero-order valence-corrected chi connectivity index (χ0v) is 8.91. The van der Waals surface area contributed by atoms with Gasteiger partial charge in [-0.05, 0) is 19.1 Å². The van der Waals surface area contributed by atoms with Crippen LogP contribution in [0.2, 0.25) is 0 Å². The van der Waals surface area contributed by atoms with Crippen LogP contribution in [0.5, 0.6) is 5.75 Å². The predicted molar refractivity (Wildman–Crippen MR) is 55.5 cm³/mol. The summed E-state index contributed by atoms with van der Waals surface area (Å²) in [5.41, 5.74) is 10.4. The number of amides is 1. The molecule has 1 aromatic carbocycles. The summed E-state index contributed by atoms with van der Waals surface area (Å²) < 4.78 is 41.5. The average Bonchev–Trinajstić information content (AvgIpc) is 2.15. The van der Waals surface area contributed by atoms with Gasteiger partial charge >= 0.3 is 6.18 Å². The molecule has 0 aliphatic heterocycles. The number of benzene rings is 1. The minimum absolute atomic E-state index is 0.143. The monoisotopic (exact) mass is 248 g/mol. The van der Waals surface area contributed by atoms with Crippen molar-refractivity contribution in [3.8, 4) is 5.75 Å². The van der Waals surface area contributed by atoms with Gasteiger partial charge in [0.1, 0.15) is 5.75 Å². The highest BCUT2D eigenvalue weighted by molar-refractivity contribution is 5.96. The Hall–Kier alpha value is -1.92. The number of rotatable bonds is 3. The van der Waals surface area contributed by atoms with Gasteiger partial charge < -0.3 is 16.2 Å². The quantitative estimate of drug-likeness (QED) is 0.799. The molecule has 1 aromatic rings. The minimum Gasteiger partial charge on any atom is -0.480 e. The summed E-state index contributed by atoms with van der Waals surface area (Å²) in [5, 5.41) is 0. The standard InChI is InChI=1S/C10H11F3N2O2/c1-5(10(11,12)13)17-8-4-6(14)2-3-7(8)9(15)16/h2-5H,14H2,1H3,(H2,15,16). The number of primary amides is 1. The van der Waals surface area contributed by atoms with Gasteiger partial charge in [0, 0.05) is 11.8 Å². The second kappa shape index (κ2) is 4.52. The Balaban J connectivity index is 3.04. The number of nitrogens with two attached hydrogens (primary N) is 2. The number of halogens is 3. The molecule has 0 aliphatic carbocycles. The van der Waals surface area contributed by atoms with E-state index in [9.17, 15) is 18.0 Å².